The maximum Gasteiger partial charge on any atom is 0.267 e. The lowest BCUT2D eigenvalue weighted by molar-refractivity contribution is -0.131. The first-order valence-electron chi connectivity index (χ1n) is 8.87. The van der Waals surface area contributed by atoms with Gasteiger partial charge in [0.2, 0.25) is 5.91 Å². The minimum absolute atomic E-state index is 0. The Morgan fingerprint density at radius 2 is 2.00 bits per heavy atom. The second-order valence-electron chi connectivity index (χ2n) is 6.47. The van der Waals surface area contributed by atoms with Crippen LogP contribution in [0.25, 0.3) is 0 Å². The summed E-state index contributed by atoms with van der Waals surface area (Å²) in [4.78, 5) is 31.5. The van der Waals surface area contributed by atoms with Gasteiger partial charge in [-0.3, -0.25) is 14.9 Å². The fourth-order valence-electron chi connectivity index (χ4n) is 3.10. The molecule has 156 valence electrons. The van der Waals surface area contributed by atoms with Crippen molar-refractivity contribution >= 4 is 64.4 Å². The molecule has 0 spiro atoms. The van der Waals surface area contributed by atoms with E-state index in [-0.39, 0.29) is 36.6 Å². The van der Waals surface area contributed by atoms with Gasteiger partial charge in [-0.25, -0.2) is 4.98 Å². The first kappa shape index (κ1) is 24.8. The van der Waals surface area contributed by atoms with Crippen LogP contribution in [0.4, 0.5) is 5.13 Å². The zero-order chi connectivity index (χ0) is 18.4. The molecule has 1 fully saturated rings. The Bertz CT molecular complexity index is 732. The lowest BCUT2D eigenvalue weighted by Crippen LogP contribution is -2.39. The normalized spacial score (nSPS) is 14.1. The highest BCUT2D eigenvalue weighted by atomic mass is 35.5. The average Bonchev–Trinajstić information content (AvgIpc) is 3.32. The molecular formula is C18H26Cl2N4O2S2. The molecule has 2 aromatic rings. The van der Waals surface area contributed by atoms with Crippen LogP contribution in [0.3, 0.4) is 0 Å². The van der Waals surface area contributed by atoms with Crippen LogP contribution < -0.4 is 10.6 Å². The second-order valence-corrected chi connectivity index (χ2v) is 8.27. The summed E-state index contributed by atoms with van der Waals surface area (Å²) in [6.45, 7) is 2.70. The Morgan fingerprint density at radius 1 is 1.25 bits per heavy atom. The fraction of sp³-hybridized carbons (Fsp3) is 0.500. The predicted molar refractivity (Wildman–Crippen MR) is 120 cm³/mol. The van der Waals surface area contributed by atoms with E-state index in [1.807, 2.05) is 28.8 Å². The van der Waals surface area contributed by atoms with Crippen LogP contribution in [0.2, 0.25) is 0 Å². The smallest absolute Gasteiger partial charge is 0.267 e. The van der Waals surface area contributed by atoms with Gasteiger partial charge >= 0.3 is 0 Å². The van der Waals surface area contributed by atoms with Crippen molar-refractivity contribution in [3.05, 3.63) is 33.5 Å². The van der Waals surface area contributed by atoms with Gasteiger partial charge < -0.3 is 10.2 Å². The number of anilines is 1. The van der Waals surface area contributed by atoms with Crippen molar-refractivity contribution in [2.45, 2.75) is 25.7 Å². The van der Waals surface area contributed by atoms with E-state index in [2.05, 4.69) is 15.6 Å². The van der Waals surface area contributed by atoms with Crippen molar-refractivity contribution in [3.8, 4) is 0 Å². The zero-order valence-corrected chi connectivity index (χ0v) is 18.9. The number of aromatic nitrogens is 1. The molecule has 0 saturated carbocycles. The van der Waals surface area contributed by atoms with Gasteiger partial charge in [0.05, 0.1) is 17.0 Å². The molecule has 0 aromatic carbocycles. The number of thiophene rings is 1. The number of hydrogen-bond donors (Lipinski definition) is 2. The van der Waals surface area contributed by atoms with Crippen LogP contribution in [0, 0.1) is 5.92 Å². The minimum Gasteiger partial charge on any atom is -0.342 e. The molecule has 2 amide bonds. The van der Waals surface area contributed by atoms with Crippen molar-refractivity contribution in [2.24, 2.45) is 5.92 Å². The quantitative estimate of drug-likeness (QED) is 0.654. The fourth-order valence-corrected chi connectivity index (χ4v) is 4.42. The molecule has 10 heteroatoms. The molecule has 0 aliphatic carbocycles. The summed E-state index contributed by atoms with van der Waals surface area (Å²) in [5, 5.41) is 10.2. The topological polar surface area (TPSA) is 74.3 Å². The molecule has 2 N–H and O–H groups in total. The molecule has 3 heterocycles. The average molecular weight is 465 g/mol. The van der Waals surface area contributed by atoms with Gasteiger partial charge in [0.15, 0.2) is 5.13 Å². The van der Waals surface area contributed by atoms with Crippen molar-refractivity contribution in [3.63, 3.8) is 0 Å². The standard InChI is InChI=1S/C18H24N4O2S2.2ClH/c1-19-7-4-13-5-8-22(9-6-13)16(23)11-14-12-26-18(20-14)21-17(24)15-3-2-10-25-15;;/h2-3,10,12-13,19H,4-9,11H2,1H3,(H,20,21,24);2*1H. The summed E-state index contributed by atoms with van der Waals surface area (Å²) < 4.78 is 0. The monoisotopic (exact) mass is 464 g/mol. The molecule has 0 atom stereocenters. The summed E-state index contributed by atoms with van der Waals surface area (Å²) in [7, 11) is 1.98. The van der Waals surface area contributed by atoms with E-state index in [4.69, 9.17) is 0 Å². The number of carbonyl (C=O) groups excluding carboxylic acids is 2. The molecule has 0 bridgehead atoms. The predicted octanol–water partition coefficient (Wildman–Crippen LogP) is 3.69. The number of halogens is 2. The number of likely N-dealkylation sites (tertiary alicyclic amines) is 1. The summed E-state index contributed by atoms with van der Waals surface area (Å²) in [5.74, 6) is 0.680. The van der Waals surface area contributed by atoms with E-state index < -0.39 is 0 Å². The van der Waals surface area contributed by atoms with Gasteiger partial charge in [-0.05, 0) is 50.2 Å². The molecule has 0 unspecified atom stereocenters. The van der Waals surface area contributed by atoms with Crippen molar-refractivity contribution < 1.29 is 9.59 Å². The van der Waals surface area contributed by atoms with E-state index in [0.29, 0.717) is 22.3 Å². The Balaban J connectivity index is 0.00000196. The van der Waals surface area contributed by atoms with Gasteiger partial charge in [0, 0.05) is 18.5 Å². The van der Waals surface area contributed by atoms with Crippen LogP contribution in [0.15, 0.2) is 22.9 Å². The number of nitrogens with zero attached hydrogens (tertiary/aromatic N) is 2. The van der Waals surface area contributed by atoms with Crippen LogP contribution in [-0.2, 0) is 11.2 Å². The summed E-state index contributed by atoms with van der Waals surface area (Å²) in [6, 6.07) is 3.62. The Hall–Kier alpha value is -1.19. The second kappa shape index (κ2) is 12.4. The SMILES string of the molecule is CNCCC1CCN(C(=O)Cc2csc(NC(=O)c3cccs3)n2)CC1.Cl.Cl. The van der Waals surface area contributed by atoms with Crippen LogP contribution in [0.5, 0.6) is 0 Å². The molecule has 3 rings (SSSR count). The maximum atomic E-state index is 12.5. The highest BCUT2D eigenvalue weighted by Gasteiger charge is 2.23. The van der Waals surface area contributed by atoms with Gasteiger partial charge in [-0.1, -0.05) is 6.07 Å². The largest absolute Gasteiger partial charge is 0.342 e. The molecular weight excluding hydrogens is 439 g/mol. The minimum atomic E-state index is -0.157. The van der Waals surface area contributed by atoms with Gasteiger partial charge in [0.1, 0.15) is 0 Å². The van der Waals surface area contributed by atoms with E-state index in [0.717, 1.165) is 38.2 Å². The lowest BCUT2D eigenvalue weighted by atomic mass is 9.93. The van der Waals surface area contributed by atoms with Crippen molar-refractivity contribution in [1.29, 1.82) is 0 Å². The molecule has 0 radical (unpaired) electrons. The molecule has 1 aliphatic rings. The third-order valence-electron chi connectivity index (χ3n) is 4.62. The van der Waals surface area contributed by atoms with Crippen LogP contribution in [-0.4, -0.2) is 48.4 Å². The molecule has 1 saturated heterocycles. The molecule has 2 aromatic heterocycles. The summed E-state index contributed by atoms with van der Waals surface area (Å²) >= 11 is 2.75. The first-order chi connectivity index (χ1) is 12.7. The van der Waals surface area contributed by atoms with E-state index in [1.165, 1.54) is 29.1 Å². The van der Waals surface area contributed by atoms with Crippen molar-refractivity contribution in [2.75, 3.05) is 32.0 Å². The molecule has 1 aliphatic heterocycles. The maximum absolute atomic E-state index is 12.5. The highest BCUT2D eigenvalue weighted by Crippen LogP contribution is 2.22. The van der Waals surface area contributed by atoms with E-state index in [1.54, 1.807) is 6.07 Å². The first-order valence-corrected chi connectivity index (χ1v) is 10.6. The van der Waals surface area contributed by atoms with Crippen LogP contribution >= 0.6 is 47.5 Å². The number of carbonyl (C=O) groups is 2. The highest BCUT2D eigenvalue weighted by molar-refractivity contribution is 7.14. The third kappa shape index (κ3) is 7.00. The molecule has 6 nitrogen and oxygen atoms in total. The number of nitrogens with one attached hydrogen (secondary N) is 2. The third-order valence-corrected chi connectivity index (χ3v) is 6.29. The number of piperidine rings is 1. The van der Waals surface area contributed by atoms with Gasteiger partial charge in [-0.2, -0.15) is 0 Å². The Kier molecular flexibility index (Phi) is 11.0. The number of amides is 2. The zero-order valence-electron chi connectivity index (χ0n) is 15.7. The van der Waals surface area contributed by atoms with E-state index in [9.17, 15) is 9.59 Å². The summed E-state index contributed by atoms with van der Waals surface area (Å²) in [6.07, 6.45) is 3.63. The van der Waals surface area contributed by atoms with Crippen molar-refractivity contribution in [1.82, 2.24) is 15.2 Å². The van der Waals surface area contributed by atoms with Gasteiger partial charge in [0.25, 0.3) is 5.91 Å². The number of thiazole rings is 1. The Morgan fingerprint density at radius 3 is 2.64 bits per heavy atom. The number of hydrogen-bond acceptors (Lipinski definition) is 6. The summed E-state index contributed by atoms with van der Waals surface area (Å²) in [5.41, 5.74) is 0.721. The molecule has 28 heavy (non-hydrogen) atoms. The lowest BCUT2D eigenvalue weighted by Gasteiger charge is -2.32. The van der Waals surface area contributed by atoms with Gasteiger partial charge in [-0.15, -0.1) is 47.5 Å². The van der Waals surface area contributed by atoms with E-state index >= 15 is 0 Å². The Labute approximate surface area is 185 Å². The van der Waals surface area contributed by atoms with Crippen LogP contribution in [0.1, 0.15) is 34.6 Å². The number of rotatable bonds is 7.